The zero-order valence-corrected chi connectivity index (χ0v) is 11.2. The summed E-state index contributed by atoms with van der Waals surface area (Å²) < 4.78 is 30.6. The molecule has 1 aromatic rings. The molecule has 0 heterocycles. The predicted molar refractivity (Wildman–Crippen MR) is 71.0 cm³/mol. The topological polar surface area (TPSA) is 72.6 Å². The van der Waals surface area contributed by atoms with Crippen molar-refractivity contribution in [1.29, 1.82) is 0 Å². The summed E-state index contributed by atoms with van der Waals surface area (Å²) in [6, 6.07) is 6.26. The first-order chi connectivity index (χ1) is 8.52. The molecule has 0 saturated carbocycles. The van der Waals surface area contributed by atoms with Gasteiger partial charge < -0.3 is 10.5 Å². The Hall–Kier alpha value is -1.37. The van der Waals surface area contributed by atoms with Gasteiger partial charge in [0.05, 0.1) is 4.90 Å². The van der Waals surface area contributed by atoms with E-state index >= 15 is 0 Å². The quantitative estimate of drug-likeness (QED) is 0.745. The molecule has 2 N–H and O–H groups in total. The van der Waals surface area contributed by atoms with Crippen molar-refractivity contribution in [3.63, 3.8) is 0 Å². The molecule has 1 aromatic carbocycles. The highest BCUT2D eigenvalue weighted by molar-refractivity contribution is 7.89. The van der Waals surface area contributed by atoms with Crippen LogP contribution in [0.1, 0.15) is 0 Å². The number of nitrogens with zero attached hydrogens (tertiary/aromatic N) is 1. The summed E-state index contributed by atoms with van der Waals surface area (Å²) in [6.45, 7) is 4.61. The van der Waals surface area contributed by atoms with E-state index in [1.807, 2.05) is 0 Å². The maximum atomic E-state index is 12.1. The lowest BCUT2D eigenvalue weighted by Crippen LogP contribution is -2.26. The molecule has 0 atom stereocenters. The molecule has 0 saturated heterocycles. The first-order valence-corrected chi connectivity index (χ1v) is 6.96. The highest BCUT2D eigenvalue weighted by atomic mass is 32.2. The predicted octanol–water partition coefficient (Wildman–Crippen LogP) is 0.831. The number of ether oxygens (including phenoxy) is 1. The van der Waals surface area contributed by atoms with Crippen molar-refractivity contribution >= 4 is 10.0 Å². The molecule has 0 aliphatic rings. The van der Waals surface area contributed by atoms with Crippen LogP contribution in [0.4, 0.5) is 0 Å². The maximum absolute atomic E-state index is 12.1. The molecule has 6 heteroatoms. The minimum absolute atomic E-state index is 0.229. The van der Waals surface area contributed by atoms with Crippen LogP contribution in [0.3, 0.4) is 0 Å². The van der Waals surface area contributed by atoms with E-state index < -0.39 is 10.0 Å². The summed E-state index contributed by atoms with van der Waals surface area (Å²) >= 11 is 0. The Labute approximate surface area is 108 Å². The molecule has 0 radical (unpaired) electrons. The maximum Gasteiger partial charge on any atom is 0.243 e. The van der Waals surface area contributed by atoms with E-state index in [4.69, 9.17) is 10.5 Å². The molecule has 100 valence electrons. The number of sulfonamides is 1. The Bertz CT molecular complexity index is 483. The minimum Gasteiger partial charge on any atom is -0.492 e. The zero-order valence-electron chi connectivity index (χ0n) is 10.4. The Morgan fingerprint density at radius 1 is 1.39 bits per heavy atom. The van der Waals surface area contributed by atoms with Crippen LogP contribution in [0.15, 0.2) is 41.8 Å². The van der Waals surface area contributed by atoms with E-state index in [1.54, 1.807) is 12.1 Å². The Kier molecular flexibility index (Phi) is 5.33. The van der Waals surface area contributed by atoms with Gasteiger partial charge in [-0.2, -0.15) is 4.31 Å². The fraction of sp³-hybridized carbons (Fsp3) is 0.333. The molecule has 1 rings (SSSR count). The average Bonchev–Trinajstić information content (AvgIpc) is 2.37. The second-order valence-electron chi connectivity index (χ2n) is 3.68. The number of likely N-dealkylation sites (N-methyl/N-ethyl adjacent to an activating group) is 1. The molecule has 0 spiro atoms. The first kappa shape index (κ1) is 14.7. The highest BCUT2D eigenvalue weighted by Gasteiger charge is 2.19. The standard InChI is InChI=1S/C12H18N2O3S/c1-3-9-14(2)18(15,16)12-6-4-11(5-7-12)17-10-8-13/h3-7H,1,8-10,13H2,2H3. The molecule has 0 fully saturated rings. The van der Waals surface area contributed by atoms with Crippen LogP contribution >= 0.6 is 0 Å². The van der Waals surface area contributed by atoms with Crippen molar-refractivity contribution in [3.8, 4) is 5.75 Å². The normalized spacial score (nSPS) is 11.5. The van der Waals surface area contributed by atoms with Gasteiger partial charge in [0.2, 0.25) is 10.0 Å². The van der Waals surface area contributed by atoms with Crippen LogP contribution in [-0.2, 0) is 10.0 Å². The minimum atomic E-state index is -3.46. The lowest BCUT2D eigenvalue weighted by Gasteiger charge is -2.15. The molecule has 0 bridgehead atoms. The lowest BCUT2D eigenvalue weighted by molar-refractivity contribution is 0.328. The van der Waals surface area contributed by atoms with Crippen LogP contribution < -0.4 is 10.5 Å². The van der Waals surface area contributed by atoms with Crippen LogP contribution in [0.5, 0.6) is 5.75 Å². The summed E-state index contributed by atoms with van der Waals surface area (Å²) in [7, 11) is -1.95. The molecule has 0 unspecified atom stereocenters. The van der Waals surface area contributed by atoms with Crippen molar-refractivity contribution in [2.24, 2.45) is 5.73 Å². The second-order valence-corrected chi connectivity index (χ2v) is 5.73. The number of hydrogen-bond acceptors (Lipinski definition) is 4. The molecular weight excluding hydrogens is 252 g/mol. The third kappa shape index (κ3) is 3.56. The van der Waals surface area contributed by atoms with E-state index in [0.717, 1.165) is 0 Å². The van der Waals surface area contributed by atoms with Gasteiger partial charge in [-0.25, -0.2) is 8.42 Å². The van der Waals surface area contributed by atoms with Gasteiger partial charge in [-0.05, 0) is 24.3 Å². The Morgan fingerprint density at radius 2 is 2.00 bits per heavy atom. The van der Waals surface area contributed by atoms with Gasteiger partial charge in [0, 0.05) is 20.1 Å². The van der Waals surface area contributed by atoms with Crippen molar-refractivity contribution < 1.29 is 13.2 Å². The molecular formula is C12H18N2O3S. The van der Waals surface area contributed by atoms with Crippen LogP contribution in [0, 0.1) is 0 Å². The molecule has 0 aromatic heterocycles. The number of rotatable bonds is 7. The molecule has 18 heavy (non-hydrogen) atoms. The Morgan fingerprint density at radius 3 is 2.50 bits per heavy atom. The van der Waals surface area contributed by atoms with Crippen molar-refractivity contribution in [2.45, 2.75) is 4.90 Å². The van der Waals surface area contributed by atoms with E-state index in [2.05, 4.69) is 6.58 Å². The largest absolute Gasteiger partial charge is 0.492 e. The average molecular weight is 270 g/mol. The van der Waals surface area contributed by atoms with Crippen LogP contribution in [-0.4, -0.2) is 39.5 Å². The van der Waals surface area contributed by atoms with Gasteiger partial charge in [0.1, 0.15) is 12.4 Å². The summed E-state index contributed by atoms with van der Waals surface area (Å²) in [5.74, 6) is 0.603. The fourth-order valence-corrected chi connectivity index (χ4v) is 2.49. The fourth-order valence-electron chi connectivity index (χ4n) is 1.34. The first-order valence-electron chi connectivity index (χ1n) is 5.52. The van der Waals surface area contributed by atoms with Gasteiger partial charge >= 0.3 is 0 Å². The second kappa shape index (κ2) is 6.53. The molecule has 0 aliphatic heterocycles. The third-order valence-electron chi connectivity index (χ3n) is 2.30. The Balaban J connectivity index is 2.87. The number of hydrogen-bond donors (Lipinski definition) is 1. The van der Waals surface area contributed by atoms with Crippen LogP contribution in [0.25, 0.3) is 0 Å². The van der Waals surface area contributed by atoms with Gasteiger partial charge in [-0.15, -0.1) is 6.58 Å². The van der Waals surface area contributed by atoms with E-state index in [0.29, 0.717) is 18.9 Å². The highest BCUT2D eigenvalue weighted by Crippen LogP contribution is 2.18. The van der Waals surface area contributed by atoms with Gasteiger partial charge in [0.15, 0.2) is 0 Å². The number of nitrogens with two attached hydrogens (primary N) is 1. The van der Waals surface area contributed by atoms with Crippen LogP contribution in [0.2, 0.25) is 0 Å². The molecule has 5 nitrogen and oxygen atoms in total. The van der Waals surface area contributed by atoms with Crippen molar-refractivity contribution in [1.82, 2.24) is 4.31 Å². The summed E-state index contributed by atoms with van der Waals surface area (Å²) in [4.78, 5) is 0.229. The molecule has 0 aliphatic carbocycles. The van der Waals surface area contributed by atoms with E-state index in [1.165, 1.54) is 29.6 Å². The van der Waals surface area contributed by atoms with Crippen molar-refractivity contribution in [3.05, 3.63) is 36.9 Å². The van der Waals surface area contributed by atoms with Gasteiger partial charge in [-0.1, -0.05) is 6.08 Å². The van der Waals surface area contributed by atoms with E-state index in [-0.39, 0.29) is 11.4 Å². The smallest absolute Gasteiger partial charge is 0.243 e. The number of benzene rings is 1. The summed E-state index contributed by atoms with van der Waals surface area (Å²) in [5.41, 5.74) is 5.31. The zero-order chi connectivity index (χ0) is 13.6. The summed E-state index contributed by atoms with van der Waals surface area (Å²) in [6.07, 6.45) is 1.54. The van der Waals surface area contributed by atoms with Gasteiger partial charge in [0.25, 0.3) is 0 Å². The van der Waals surface area contributed by atoms with Gasteiger partial charge in [-0.3, -0.25) is 0 Å². The molecule has 0 amide bonds. The summed E-state index contributed by atoms with van der Waals surface area (Å²) in [5, 5.41) is 0. The lowest BCUT2D eigenvalue weighted by atomic mass is 10.3. The SMILES string of the molecule is C=CCN(C)S(=O)(=O)c1ccc(OCCN)cc1. The van der Waals surface area contributed by atoms with Crippen molar-refractivity contribution in [2.75, 3.05) is 26.7 Å². The third-order valence-corrected chi connectivity index (χ3v) is 4.14. The monoisotopic (exact) mass is 270 g/mol. The van der Waals surface area contributed by atoms with E-state index in [9.17, 15) is 8.42 Å².